The monoisotopic (exact) mass is 420 g/mol. The zero-order valence-electron chi connectivity index (χ0n) is 15.9. The molecule has 0 amide bonds. The molecule has 0 radical (unpaired) electrons. The molecule has 0 atom stereocenters. The van der Waals surface area contributed by atoms with E-state index < -0.39 is 35.4 Å². The van der Waals surface area contributed by atoms with Crippen LogP contribution in [0, 0.1) is 35.0 Å². The van der Waals surface area contributed by atoms with E-state index in [1.165, 1.54) is 24.3 Å². The Morgan fingerprint density at radius 2 is 1.20 bits per heavy atom. The first-order valence-corrected chi connectivity index (χ1v) is 9.31. The molecular weight excluding hydrogens is 403 g/mol. The summed E-state index contributed by atoms with van der Waals surface area (Å²) in [6.45, 7) is 2.99. The Labute approximate surface area is 169 Å². The lowest BCUT2D eigenvalue weighted by Gasteiger charge is -2.27. The van der Waals surface area contributed by atoms with E-state index in [9.17, 15) is 22.0 Å². The highest BCUT2D eigenvalue weighted by Crippen LogP contribution is 2.33. The van der Waals surface area contributed by atoms with Crippen molar-refractivity contribution in [3.8, 4) is 22.3 Å². The van der Waals surface area contributed by atoms with Gasteiger partial charge in [0.25, 0.3) is 0 Å². The zero-order valence-corrected chi connectivity index (χ0v) is 15.9. The molecule has 7 heteroatoms. The van der Waals surface area contributed by atoms with Crippen molar-refractivity contribution in [3.05, 3.63) is 83.2 Å². The summed E-state index contributed by atoms with van der Waals surface area (Å²) in [5.74, 6) is -5.62. The molecule has 1 aliphatic heterocycles. The smallest absolute Gasteiger partial charge is 0.194 e. The number of benzene rings is 3. The van der Waals surface area contributed by atoms with E-state index in [4.69, 9.17) is 9.47 Å². The second-order valence-electron chi connectivity index (χ2n) is 7.29. The Morgan fingerprint density at radius 1 is 0.667 bits per heavy atom. The molecule has 1 fully saturated rings. The van der Waals surface area contributed by atoms with E-state index in [2.05, 4.69) is 0 Å². The van der Waals surface area contributed by atoms with Gasteiger partial charge in [0.1, 0.15) is 11.6 Å². The lowest BCUT2D eigenvalue weighted by atomic mass is 9.98. The number of hydrogen-bond acceptors (Lipinski definition) is 2. The molecule has 30 heavy (non-hydrogen) atoms. The van der Waals surface area contributed by atoms with Gasteiger partial charge in [0.15, 0.2) is 23.7 Å². The highest BCUT2D eigenvalue weighted by atomic mass is 19.2. The van der Waals surface area contributed by atoms with Gasteiger partial charge in [-0.15, -0.1) is 0 Å². The van der Waals surface area contributed by atoms with E-state index in [1.54, 1.807) is 6.07 Å². The maximum atomic E-state index is 14.7. The molecule has 1 heterocycles. The minimum absolute atomic E-state index is 0.133. The lowest BCUT2D eigenvalue weighted by Crippen LogP contribution is -2.25. The summed E-state index contributed by atoms with van der Waals surface area (Å²) in [5.41, 5.74) is 0.601. The molecule has 3 aromatic rings. The third-order valence-corrected chi connectivity index (χ3v) is 4.90. The SMILES string of the molecule is CC1COC(c2ccc(-c3ccc(-c4cc(F)c(F)c(F)c4)c(F)c3)c(F)c2)OC1. The molecule has 3 aromatic carbocycles. The predicted octanol–water partition coefficient (Wildman–Crippen LogP) is 6.40. The largest absolute Gasteiger partial charge is 0.348 e. The second kappa shape index (κ2) is 8.16. The van der Waals surface area contributed by atoms with Crippen molar-refractivity contribution >= 4 is 0 Å². The summed E-state index contributed by atoms with van der Waals surface area (Å²) in [7, 11) is 0. The first kappa shape index (κ1) is 20.5. The van der Waals surface area contributed by atoms with Crippen LogP contribution in [0.15, 0.2) is 48.5 Å². The van der Waals surface area contributed by atoms with Crippen LogP contribution in [0.4, 0.5) is 22.0 Å². The van der Waals surface area contributed by atoms with Gasteiger partial charge in [-0.3, -0.25) is 0 Å². The first-order chi connectivity index (χ1) is 14.3. The first-order valence-electron chi connectivity index (χ1n) is 9.31. The van der Waals surface area contributed by atoms with Crippen LogP contribution in [0.25, 0.3) is 22.3 Å². The third-order valence-electron chi connectivity index (χ3n) is 4.90. The number of ether oxygens (including phenoxy) is 2. The summed E-state index contributed by atoms with van der Waals surface area (Å²) < 4.78 is 80.5. The van der Waals surface area contributed by atoms with Crippen LogP contribution in [0.2, 0.25) is 0 Å². The van der Waals surface area contributed by atoms with Gasteiger partial charge in [-0.05, 0) is 35.4 Å². The van der Waals surface area contributed by atoms with Gasteiger partial charge in [-0.1, -0.05) is 31.2 Å². The van der Waals surface area contributed by atoms with E-state index in [0.717, 1.165) is 6.07 Å². The van der Waals surface area contributed by atoms with Crippen molar-refractivity contribution in [1.82, 2.24) is 0 Å². The van der Waals surface area contributed by atoms with Crippen molar-refractivity contribution < 1.29 is 31.4 Å². The van der Waals surface area contributed by atoms with Crippen LogP contribution < -0.4 is 0 Å². The molecule has 0 aromatic heterocycles. The van der Waals surface area contributed by atoms with Crippen molar-refractivity contribution in [2.45, 2.75) is 13.2 Å². The molecule has 0 spiro atoms. The van der Waals surface area contributed by atoms with Crippen LogP contribution in [-0.4, -0.2) is 13.2 Å². The Kier molecular flexibility index (Phi) is 5.58. The molecule has 0 saturated carbocycles. The standard InChI is InChI=1S/C23H17F5O2/c1-12-10-29-23(30-11-12)14-3-5-16(19(25)7-14)13-2-4-17(18(24)6-13)15-8-20(26)22(28)21(27)9-15/h2-9,12,23H,10-11H2,1H3. The van der Waals surface area contributed by atoms with Gasteiger partial charge in [-0.2, -0.15) is 0 Å². The molecular formula is C23H17F5O2. The Balaban J connectivity index is 1.63. The molecule has 0 bridgehead atoms. The fourth-order valence-electron chi connectivity index (χ4n) is 3.33. The van der Waals surface area contributed by atoms with Crippen molar-refractivity contribution in [1.29, 1.82) is 0 Å². The molecule has 156 valence electrons. The minimum Gasteiger partial charge on any atom is -0.348 e. The third kappa shape index (κ3) is 3.95. The molecule has 2 nitrogen and oxygen atoms in total. The normalized spacial score (nSPS) is 19.1. The van der Waals surface area contributed by atoms with Crippen molar-refractivity contribution in [2.75, 3.05) is 13.2 Å². The van der Waals surface area contributed by atoms with Gasteiger partial charge in [0.2, 0.25) is 0 Å². The van der Waals surface area contributed by atoms with Crippen LogP contribution in [0.1, 0.15) is 18.8 Å². The molecule has 4 rings (SSSR count). The van der Waals surface area contributed by atoms with E-state index in [1.807, 2.05) is 6.92 Å². The number of hydrogen-bond donors (Lipinski definition) is 0. The molecule has 0 N–H and O–H groups in total. The van der Waals surface area contributed by atoms with Gasteiger partial charge in [0.05, 0.1) is 13.2 Å². The van der Waals surface area contributed by atoms with Gasteiger partial charge in [0, 0.05) is 22.6 Å². The number of halogens is 5. The van der Waals surface area contributed by atoms with Crippen LogP contribution in [-0.2, 0) is 9.47 Å². The Morgan fingerprint density at radius 3 is 1.80 bits per heavy atom. The van der Waals surface area contributed by atoms with Gasteiger partial charge in [-0.25, -0.2) is 22.0 Å². The van der Waals surface area contributed by atoms with Crippen molar-refractivity contribution in [3.63, 3.8) is 0 Å². The predicted molar refractivity (Wildman–Crippen MR) is 101 cm³/mol. The van der Waals surface area contributed by atoms with Crippen LogP contribution >= 0.6 is 0 Å². The van der Waals surface area contributed by atoms with Crippen LogP contribution in [0.5, 0.6) is 0 Å². The summed E-state index contributed by atoms with van der Waals surface area (Å²) in [4.78, 5) is 0. The second-order valence-corrected chi connectivity index (χ2v) is 7.29. The Bertz CT molecular complexity index is 1070. The Hall–Kier alpha value is -2.77. The van der Waals surface area contributed by atoms with E-state index in [-0.39, 0.29) is 28.2 Å². The molecule has 1 aliphatic rings. The van der Waals surface area contributed by atoms with E-state index >= 15 is 0 Å². The van der Waals surface area contributed by atoms with Crippen molar-refractivity contribution in [2.24, 2.45) is 5.92 Å². The maximum Gasteiger partial charge on any atom is 0.194 e. The fourth-order valence-corrected chi connectivity index (χ4v) is 3.33. The fraction of sp³-hybridized carbons (Fsp3) is 0.217. The summed E-state index contributed by atoms with van der Waals surface area (Å²) in [5, 5.41) is 0. The highest BCUT2D eigenvalue weighted by Gasteiger charge is 2.22. The molecule has 0 aliphatic carbocycles. The molecule has 1 saturated heterocycles. The highest BCUT2D eigenvalue weighted by molar-refractivity contribution is 5.71. The van der Waals surface area contributed by atoms with Crippen LogP contribution in [0.3, 0.4) is 0 Å². The molecule has 0 unspecified atom stereocenters. The summed E-state index contributed by atoms with van der Waals surface area (Å²) in [6, 6.07) is 9.54. The minimum atomic E-state index is -1.63. The topological polar surface area (TPSA) is 18.5 Å². The van der Waals surface area contributed by atoms with Gasteiger partial charge < -0.3 is 9.47 Å². The van der Waals surface area contributed by atoms with Gasteiger partial charge >= 0.3 is 0 Å². The average molecular weight is 420 g/mol. The quantitative estimate of drug-likeness (QED) is 0.361. The lowest BCUT2D eigenvalue weighted by molar-refractivity contribution is -0.202. The summed E-state index contributed by atoms with van der Waals surface area (Å²) >= 11 is 0. The summed E-state index contributed by atoms with van der Waals surface area (Å²) in [6.07, 6.45) is -0.660. The zero-order chi connectivity index (χ0) is 21.4. The van der Waals surface area contributed by atoms with E-state index in [0.29, 0.717) is 30.9 Å². The maximum absolute atomic E-state index is 14.7. The average Bonchev–Trinajstić information content (AvgIpc) is 2.72. The number of rotatable bonds is 3.